The van der Waals surface area contributed by atoms with Crippen LogP contribution in [0.4, 0.5) is 0 Å². The van der Waals surface area contributed by atoms with Crippen molar-refractivity contribution in [1.82, 2.24) is 14.3 Å². The molecular formula is C21H20ClN3O. The summed E-state index contributed by atoms with van der Waals surface area (Å²) in [5.41, 5.74) is 3.38. The first kappa shape index (κ1) is 18.0. The van der Waals surface area contributed by atoms with Crippen molar-refractivity contribution in [3.63, 3.8) is 0 Å². The summed E-state index contributed by atoms with van der Waals surface area (Å²) in [6.07, 6.45) is 5.60. The van der Waals surface area contributed by atoms with Gasteiger partial charge in [0.05, 0.1) is 17.8 Å². The molecule has 4 nitrogen and oxygen atoms in total. The number of aromatic nitrogens is 2. The molecule has 0 radical (unpaired) electrons. The van der Waals surface area contributed by atoms with E-state index in [0.717, 1.165) is 22.6 Å². The van der Waals surface area contributed by atoms with E-state index in [9.17, 15) is 4.79 Å². The predicted molar refractivity (Wildman–Crippen MR) is 106 cm³/mol. The van der Waals surface area contributed by atoms with E-state index in [1.165, 1.54) is 0 Å². The van der Waals surface area contributed by atoms with E-state index in [2.05, 4.69) is 13.2 Å². The van der Waals surface area contributed by atoms with Crippen molar-refractivity contribution >= 4 is 23.2 Å². The highest BCUT2D eigenvalue weighted by molar-refractivity contribution is 6.30. The lowest BCUT2D eigenvalue weighted by molar-refractivity contribution is -0.129. The summed E-state index contributed by atoms with van der Waals surface area (Å²) in [7, 11) is 0. The Labute approximate surface area is 158 Å². The fourth-order valence-corrected chi connectivity index (χ4v) is 3.03. The zero-order valence-electron chi connectivity index (χ0n) is 14.4. The van der Waals surface area contributed by atoms with Gasteiger partial charge >= 0.3 is 0 Å². The fourth-order valence-electron chi connectivity index (χ4n) is 2.90. The molecule has 26 heavy (non-hydrogen) atoms. The van der Waals surface area contributed by atoms with Crippen molar-refractivity contribution in [2.45, 2.75) is 6.42 Å². The molecule has 0 aliphatic heterocycles. The smallest absolute Gasteiger partial charge is 0.229 e. The van der Waals surface area contributed by atoms with Gasteiger partial charge in [-0.1, -0.05) is 42.0 Å². The van der Waals surface area contributed by atoms with Crippen LogP contribution in [0.25, 0.3) is 16.9 Å². The van der Waals surface area contributed by atoms with Crippen LogP contribution in [0.5, 0.6) is 0 Å². The number of fused-ring (bicyclic) bond motifs is 1. The van der Waals surface area contributed by atoms with Gasteiger partial charge in [-0.2, -0.15) is 0 Å². The van der Waals surface area contributed by atoms with Crippen molar-refractivity contribution in [3.05, 3.63) is 84.7 Å². The quantitative estimate of drug-likeness (QED) is 0.582. The number of halogens is 1. The molecule has 0 spiro atoms. The molecular weight excluding hydrogens is 346 g/mol. The van der Waals surface area contributed by atoms with E-state index < -0.39 is 0 Å². The van der Waals surface area contributed by atoms with Crippen molar-refractivity contribution in [2.75, 3.05) is 13.1 Å². The van der Waals surface area contributed by atoms with Gasteiger partial charge in [-0.15, -0.1) is 13.2 Å². The minimum Gasteiger partial charge on any atom is -0.335 e. The average Bonchev–Trinajstić information content (AvgIpc) is 3.01. The molecule has 2 aromatic heterocycles. The molecule has 0 saturated heterocycles. The highest BCUT2D eigenvalue weighted by Gasteiger charge is 2.19. The summed E-state index contributed by atoms with van der Waals surface area (Å²) < 4.78 is 1.96. The number of amides is 1. The second-order valence-electron chi connectivity index (χ2n) is 5.90. The van der Waals surface area contributed by atoms with Gasteiger partial charge in [-0.3, -0.25) is 4.79 Å². The summed E-state index contributed by atoms with van der Waals surface area (Å²) in [5.74, 6) is 0.00525. The Bertz CT molecular complexity index is 934. The van der Waals surface area contributed by atoms with Crippen molar-refractivity contribution < 1.29 is 4.79 Å². The summed E-state index contributed by atoms with van der Waals surface area (Å²) in [5, 5.41) is 0.665. The third kappa shape index (κ3) is 3.70. The standard InChI is InChI=1S/C21H20ClN3O/c1-3-12-24(13-4-2)20(26)15-18-21(16-8-10-17(22)11-9-16)23-19-7-5-6-14-25(18)19/h3-11,14H,1-2,12-13,15H2. The van der Waals surface area contributed by atoms with Crippen LogP contribution in [-0.2, 0) is 11.2 Å². The first-order valence-electron chi connectivity index (χ1n) is 8.35. The molecule has 0 aliphatic rings. The lowest BCUT2D eigenvalue weighted by Crippen LogP contribution is -2.33. The largest absolute Gasteiger partial charge is 0.335 e. The molecule has 0 bridgehead atoms. The van der Waals surface area contributed by atoms with E-state index in [4.69, 9.17) is 16.6 Å². The number of hydrogen-bond donors (Lipinski definition) is 0. The topological polar surface area (TPSA) is 37.6 Å². The number of benzene rings is 1. The molecule has 3 rings (SSSR count). The zero-order valence-corrected chi connectivity index (χ0v) is 15.2. The lowest BCUT2D eigenvalue weighted by Gasteiger charge is -2.19. The molecule has 0 N–H and O–H groups in total. The Balaban J connectivity index is 2.04. The Morgan fingerprint density at radius 3 is 2.46 bits per heavy atom. The minimum absolute atomic E-state index is 0.00525. The minimum atomic E-state index is 0.00525. The summed E-state index contributed by atoms with van der Waals surface area (Å²) in [6.45, 7) is 8.42. The van der Waals surface area contributed by atoms with Gasteiger partial charge in [-0.25, -0.2) is 4.98 Å². The van der Waals surface area contributed by atoms with Crippen LogP contribution in [-0.4, -0.2) is 33.3 Å². The Kier molecular flexibility index (Phi) is 5.54. The number of hydrogen-bond acceptors (Lipinski definition) is 2. The molecule has 1 aromatic carbocycles. The first-order chi connectivity index (χ1) is 12.6. The number of imidazole rings is 1. The molecule has 3 aromatic rings. The molecule has 1 amide bonds. The molecule has 2 heterocycles. The second kappa shape index (κ2) is 8.02. The van der Waals surface area contributed by atoms with E-state index >= 15 is 0 Å². The number of rotatable bonds is 7. The number of pyridine rings is 1. The SMILES string of the molecule is C=CCN(CC=C)C(=O)Cc1c(-c2ccc(Cl)cc2)nc2ccccn12. The Morgan fingerprint density at radius 1 is 1.12 bits per heavy atom. The summed E-state index contributed by atoms with van der Waals surface area (Å²) >= 11 is 6.01. The van der Waals surface area contributed by atoms with Gasteiger partial charge in [0.15, 0.2) is 0 Å². The van der Waals surface area contributed by atoms with E-state index in [0.29, 0.717) is 18.1 Å². The highest BCUT2D eigenvalue weighted by atomic mass is 35.5. The summed E-state index contributed by atoms with van der Waals surface area (Å²) in [4.78, 5) is 19.3. The third-order valence-electron chi connectivity index (χ3n) is 4.12. The van der Waals surface area contributed by atoms with Crippen LogP contribution < -0.4 is 0 Å². The van der Waals surface area contributed by atoms with Crippen LogP contribution in [0.1, 0.15) is 5.69 Å². The number of carbonyl (C=O) groups is 1. The van der Waals surface area contributed by atoms with Crippen molar-refractivity contribution in [1.29, 1.82) is 0 Å². The van der Waals surface area contributed by atoms with Crippen LogP contribution in [0.3, 0.4) is 0 Å². The van der Waals surface area contributed by atoms with E-state index in [1.54, 1.807) is 17.1 Å². The monoisotopic (exact) mass is 365 g/mol. The van der Waals surface area contributed by atoms with Gasteiger partial charge in [0, 0.05) is 29.9 Å². The Morgan fingerprint density at radius 2 is 1.81 bits per heavy atom. The maximum absolute atomic E-state index is 12.8. The molecule has 0 fully saturated rings. The molecule has 0 unspecified atom stereocenters. The van der Waals surface area contributed by atoms with Crippen LogP contribution >= 0.6 is 11.6 Å². The van der Waals surface area contributed by atoms with E-state index in [1.807, 2.05) is 53.1 Å². The van der Waals surface area contributed by atoms with Gasteiger partial charge < -0.3 is 9.30 Å². The van der Waals surface area contributed by atoms with Crippen molar-refractivity contribution in [2.24, 2.45) is 0 Å². The molecule has 0 aliphatic carbocycles. The van der Waals surface area contributed by atoms with Gasteiger partial charge in [0.1, 0.15) is 5.65 Å². The number of carbonyl (C=O) groups excluding carboxylic acids is 1. The highest BCUT2D eigenvalue weighted by Crippen LogP contribution is 2.26. The van der Waals surface area contributed by atoms with Crippen LogP contribution in [0, 0.1) is 0 Å². The normalized spacial score (nSPS) is 10.7. The molecule has 132 valence electrons. The first-order valence-corrected chi connectivity index (χ1v) is 8.73. The second-order valence-corrected chi connectivity index (χ2v) is 6.33. The van der Waals surface area contributed by atoms with Crippen LogP contribution in [0.2, 0.25) is 5.02 Å². The zero-order chi connectivity index (χ0) is 18.5. The molecule has 5 heteroatoms. The summed E-state index contributed by atoms with van der Waals surface area (Å²) in [6, 6.07) is 13.3. The maximum atomic E-state index is 12.8. The van der Waals surface area contributed by atoms with Crippen LogP contribution in [0.15, 0.2) is 74.0 Å². The van der Waals surface area contributed by atoms with Gasteiger partial charge in [0.2, 0.25) is 5.91 Å². The lowest BCUT2D eigenvalue weighted by atomic mass is 10.1. The van der Waals surface area contributed by atoms with Gasteiger partial charge in [0.25, 0.3) is 0 Å². The third-order valence-corrected chi connectivity index (χ3v) is 4.37. The number of nitrogens with zero attached hydrogens (tertiary/aromatic N) is 3. The maximum Gasteiger partial charge on any atom is 0.229 e. The Hall–Kier alpha value is -2.85. The average molecular weight is 366 g/mol. The van der Waals surface area contributed by atoms with Gasteiger partial charge in [-0.05, 0) is 24.3 Å². The fraction of sp³-hybridized carbons (Fsp3) is 0.143. The van der Waals surface area contributed by atoms with Crippen molar-refractivity contribution in [3.8, 4) is 11.3 Å². The van der Waals surface area contributed by atoms with E-state index in [-0.39, 0.29) is 12.3 Å². The molecule has 0 atom stereocenters. The predicted octanol–water partition coefficient (Wildman–Crippen LogP) is 4.40. The molecule has 0 saturated carbocycles.